The molecule has 1 aromatic heterocycles. The Bertz CT molecular complexity index is 1280. The van der Waals surface area contributed by atoms with Crippen LogP contribution >= 0.6 is 11.3 Å². The number of anilines is 1. The first-order valence-electron chi connectivity index (χ1n) is 10.2. The third-order valence-electron chi connectivity index (χ3n) is 5.43. The highest BCUT2D eigenvalue weighted by Gasteiger charge is 2.45. The summed E-state index contributed by atoms with van der Waals surface area (Å²) in [4.78, 5) is 28.4. The van der Waals surface area contributed by atoms with Crippen molar-refractivity contribution in [2.24, 2.45) is 0 Å². The Hall–Kier alpha value is -3.98. The van der Waals surface area contributed by atoms with E-state index in [9.17, 15) is 19.8 Å². The summed E-state index contributed by atoms with van der Waals surface area (Å²) in [5.74, 6) is -0.655. The lowest BCUT2D eigenvalue weighted by Gasteiger charge is -2.27. The molecule has 33 heavy (non-hydrogen) atoms. The van der Waals surface area contributed by atoms with Crippen LogP contribution in [0, 0.1) is 0 Å². The molecule has 1 atom stereocenters. The molecule has 2 aromatic carbocycles. The molecular weight excluding hydrogens is 446 g/mol. The summed E-state index contributed by atoms with van der Waals surface area (Å²) < 4.78 is 16.3. The highest BCUT2D eigenvalue weighted by Crippen LogP contribution is 2.46. The van der Waals surface area contributed by atoms with Crippen molar-refractivity contribution in [3.8, 4) is 23.0 Å². The van der Waals surface area contributed by atoms with E-state index in [0.29, 0.717) is 34.2 Å². The molecule has 3 heterocycles. The van der Waals surface area contributed by atoms with Crippen LogP contribution in [-0.4, -0.2) is 35.3 Å². The minimum Gasteiger partial charge on any atom is -0.504 e. The number of hydrogen-bond acceptors (Lipinski definition) is 8. The smallest absolute Gasteiger partial charge is 0.294 e. The van der Waals surface area contributed by atoms with Crippen LogP contribution in [0.25, 0.3) is 0 Å². The van der Waals surface area contributed by atoms with Gasteiger partial charge in [0, 0.05) is 11.8 Å². The summed E-state index contributed by atoms with van der Waals surface area (Å²) in [6, 6.07) is 12.0. The lowest BCUT2D eigenvalue weighted by Crippen LogP contribution is -2.31. The van der Waals surface area contributed by atoms with Crippen LogP contribution in [0.15, 0.2) is 65.2 Å². The molecular formula is C24H19NO7S. The lowest BCUT2D eigenvalue weighted by atomic mass is 9.94. The molecule has 9 heteroatoms. The van der Waals surface area contributed by atoms with Crippen molar-refractivity contribution in [3.05, 3.63) is 75.7 Å². The van der Waals surface area contributed by atoms with E-state index in [1.807, 2.05) is 0 Å². The molecule has 3 aromatic rings. The summed E-state index contributed by atoms with van der Waals surface area (Å²) in [5, 5.41) is 22.8. The van der Waals surface area contributed by atoms with Gasteiger partial charge in [0.25, 0.3) is 5.91 Å². The van der Waals surface area contributed by atoms with Crippen LogP contribution in [0.2, 0.25) is 0 Å². The number of ether oxygens (including phenoxy) is 3. The summed E-state index contributed by atoms with van der Waals surface area (Å²) in [7, 11) is 0. The standard InChI is InChI=1S/C24H19NO7S/c1-2-30-17-10-13(5-7-15(17)26)21-20(22(27)19-4-3-9-33-19)23(28)24(29)25(21)14-6-8-16-18(11-14)32-12-31-16/h3-11,21,26,28H,2,12H2,1H3. The summed E-state index contributed by atoms with van der Waals surface area (Å²) in [6.45, 7) is 2.16. The second-order valence-corrected chi connectivity index (χ2v) is 8.29. The van der Waals surface area contributed by atoms with Crippen LogP contribution in [0.4, 0.5) is 5.69 Å². The molecule has 0 radical (unpaired) electrons. The number of phenols is 1. The van der Waals surface area contributed by atoms with Gasteiger partial charge in [0.15, 0.2) is 28.8 Å². The maximum absolute atomic E-state index is 13.4. The molecule has 2 aliphatic heterocycles. The minimum absolute atomic E-state index is 0.0479. The van der Waals surface area contributed by atoms with Crippen LogP contribution < -0.4 is 19.1 Å². The van der Waals surface area contributed by atoms with Gasteiger partial charge in [-0.1, -0.05) is 12.1 Å². The number of thiophene rings is 1. The Morgan fingerprint density at radius 1 is 1.15 bits per heavy atom. The number of Topliss-reactive ketones (excluding diaryl/α,β-unsaturated/α-hetero) is 1. The molecule has 168 valence electrons. The number of rotatable bonds is 6. The number of ketones is 1. The Kier molecular flexibility index (Phi) is 5.18. The minimum atomic E-state index is -0.952. The van der Waals surface area contributed by atoms with Crippen LogP contribution in [0.3, 0.4) is 0 Å². The number of fused-ring (bicyclic) bond motifs is 1. The Morgan fingerprint density at radius 2 is 1.97 bits per heavy atom. The van der Waals surface area contributed by atoms with Gasteiger partial charge in [0.1, 0.15) is 0 Å². The van der Waals surface area contributed by atoms with E-state index in [-0.39, 0.29) is 23.9 Å². The van der Waals surface area contributed by atoms with Crippen molar-refractivity contribution in [2.75, 3.05) is 18.3 Å². The monoisotopic (exact) mass is 465 g/mol. The third-order valence-corrected chi connectivity index (χ3v) is 6.30. The molecule has 0 saturated carbocycles. The van der Waals surface area contributed by atoms with Gasteiger partial charge < -0.3 is 24.4 Å². The third kappa shape index (κ3) is 3.46. The zero-order chi connectivity index (χ0) is 23.1. The van der Waals surface area contributed by atoms with Gasteiger partial charge in [-0.05, 0) is 48.2 Å². The van der Waals surface area contributed by atoms with Crippen molar-refractivity contribution < 1.29 is 34.0 Å². The van der Waals surface area contributed by atoms with E-state index in [0.717, 1.165) is 0 Å². The number of carbonyl (C=O) groups is 2. The average Bonchev–Trinajstić information content (AvgIpc) is 3.55. The Labute approximate surface area is 192 Å². The van der Waals surface area contributed by atoms with E-state index in [2.05, 4.69) is 0 Å². The largest absolute Gasteiger partial charge is 0.504 e. The number of aliphatic hydroxyl groups excluding tert-OH is 1. The molecule has 0 saturated heterocycles. The van der Waals surface area contributed by atoms with Gasteiger partial charge in [-0.2, -0.15) is 0 Å². The molecule has 2 N–H and O–H groups in total. The van der Waals surface area contributed by atoms with E-state index in [1.54, 1.807) is 54.8 Å². The predicted molar refractivity (Wildman–Crippen MR) is 120 cm³/mol. The summed E-state index contributed by atoms with van der Waals surface area (Å²) in [6.07, 6.45) is 0. The fraction of sp³-hybridized carbons (Fsp3) is 0.167. The van der Waals surface area contributed by atoms with Crippen LogP contribution in [0.1, 0.15) is 28.2 Å². The molecule has 1 amide bonds. The SMILES string of the molecule is CCOc1cc(C2C(C(=O)c3cccs3)=C(O)C(=O)N2c2ccc3c(c2)OCO3)ccc1O. The predicted octanol–water partition coefficient (Wildman–Crippen LogP) is 4.36. The van der Waals surface area contributed by atoms with Crippen molar-refractivity contribution in [3.63, 3.8) is 0 Å². The maximum atomic E-state index is 13.4. The van der Waals surface area contributed by atoms with Gasteiger partial charge in [-0.3, -0.25) is 14.5 Å². The fourth-order valence-electron chi connectivity index (χ4n) is 3.97. The van der Waals surface area contributed by atoms with Crippen molar-refractivity contribution in [2.45, 2.75) is 13.0 Å². The first kappa shape index (κ1) is 20.9. The highest BCUT2D eigenvalue weighted by molar-refractivity contribution is 7.12. The number of aromatic hydroxyl groups is 1. The molecule has 5 rings (SSSR count). The molecule has 0 bridgehead atoms. The van der Waals surface area contributed by atoms with Crippen LogP contribution in [0.5, 0.6) is 23.0 Å². The van der Waals surface area contributed by atoms with E-state index in [1.165, 1.54) is 22.3 Å². The van der Waals surface area contributed by atoms with E-state index < -0.39 is 23.5 Å². The van der Waals surface area contributed by atoms with Crippen molar-refractivity contribution in [1.82, 2.24) is 0 Å². The molecule has 1 unspecified atom stereocenters. The second-order valence-electron chi connectivity index (χ2n) is 7.34. The van der Waals surface area contributed by atoms with Gasteiger partial charge >= 0.3 is 0 Å². The number of nitrogens with zero attached hydrogens (tertiary/aromatic N) is 1. The van der Waals surface area contributed by atoms with E-state index >= 15 is 0 Å². The zero-order valence-electron chi connectivity index (χ0n) is 17.5. The Balaban J connectivity index is 1.67. The molecule has 8 nitrogen and oxygen atoms in total. The molecule has 0 fully saturated rings. The first-order valence-corrected chi connectivity index (χ1v) is 11.1. The maximum Gasteiger partial charge on any atom is 0.294 e. The molecule has 2 aliphatic rings. The first-order chi connectivity index (χ1) is 16.0. The number of hydrogen-bond donors (Lipinski definition) is 2. The zero-order valence-corrected chi connectivity index (χ0v) is 18.3. The quantitative estimate of drug-likeness (QED) is 0.521. The van der Waals surface area contributed by atoms with Gasteiger partial charge in [-0.15, -0.1) is 11.3 Å². The van der Waals surface area contributed by atoms with Crippen LogP contribution in [-0.2, 0) is 4.79 Å². The lowest BCUT2D eigenvalue weighted by molar-refractivity contribution is -0.117. The second kappa shape index (κ2) is 8.18. The molecule has 0 spiro atoms. The van der Waals surface area contributed by atoms with Crippen molar-refractivity contribution >= 4 is 28.7 Å². The highest BCUT2D eigenvalue weighted by atomic mass is 32.1. The van der Waals surface area contributed by atoms with Gasteiger partial charge in [0.05, 0.1) is 23.1 Å². The van der Waals surface area contributed by atoms with Gasteiger partial charge in [0.2, 0.25) is 12.6 Å². The number of aliphatic hydroxyl groups is 1. The number of carbonyl (C=O) groups excluding carboxylic acids is 2. The average molecular weight is 465 g/mol. The number of benzene rings is 2. The topological polar surface area (TPSA) is 106 Å². The summed E-state index contributed by atoms with van der Waals surface area (Å²) in [5.41, 5.74) is 0.861. The molecule has 0 aliphatic carbocycles. The number of amides is 1. The van der Waals surface area contributed by atoms with Gasteiger partial charge in [-0.25, -0.2) is 0 Å². The normalized spacial score (nSPS) is 17.1. The number of phenolic OH excluding ortho intramolecular Hbond substituents is 1. The fourth-order valence-corrected chi connectivity index (χ4v) is 4.64. The Morgan fingerprint density at radius 3 is 2.73 bits per heavy atom. The summed E-state index contributed by atoms with van der Waals surface area (Å²) >= 11 is 1.22. The van der Waals surface area contributed by atoms with E-state index in [4.69, 9.17) is 14.2 Å². The van der Waals surface area contributed by atoms with Crippen molar-refractivity contribution in [1.29, 1.82) is 0 Å².